The molecule has 0 spiro atoms. The van der Waals surface area contributed by atoms with Crippen molar-refractivity contribution >= 4 is 46.7 Å². The van der Waals surface area contributed by atoms with Crippen LogP contribution in [0.2, 0.25) is 0 Å². The van der Waals surface area contributed by atoms with Crippen molar-refractivity contribution in [2.24, 2.45) is 0 Å². The Morgan fingerprint density at radius 1 is 1.23 bits per heavy atom. The van der Waals surface area contributed by atoms with Gasteiger partial charge in [0.15, 0.2) is 0 Å². The largest absolute Gasteiger partial charge is 0.354 e. The van der Waals surface area contributed by atoms with E-state index in [0.29, 0.717) is 30.1 Å². The van der Waals surface area contributed by atoms with Gasteiger partial charge in [0.1, 0.15) is 12.1 Å². The first-order valence-electron chi connectivity index (χ1n) is 10.1. The number of carbonyl (C=O) groups is 4. The normalized spacial score (nSPS) is 26.9. The number of carbonyl (C=O) groups excluding carboxylic acids is 4. The number of nitrogens with zero attached hydrogens (tertiary/aromatic N) is 2. The highest BCUT2D eigenvalue weighted by atomic mass is 32.2. The first-order valence-corrected chi connectivity index (χ1v) is 12.1. The average molecular weight is 452 g/mol. The van der Waals surface area contributed by atoms with E-state index in [1.54, 1.807) is 28.8 Å². The van der Waals surface area contributed by atoms with E-state index in [1.807, 2.05) is 5.38 Å². The summed E-state index contributed by atoms with van der Waals surface area (Å²) in [6.45, 7) is 1.38. The van der Waals surface area contributed by atoms with Crippen LogP contribution >= 0.6 is 23.1 Å². The fourth-order valence-corrected chi connectivity index (χ4v) is 5.56. The standard InChI is InChI=1S/C19H25N5O4S2/c25-16-12(3-1-5-20-16)22-17(26)14-9-23(18(27)13-10-29-11-21-13)6-7-24(14)19(28)15-4-2-8-30-15/h2,4,8,12-14,21H,1,3,5-7,9-11H2,(H,20,25)(H,22,26)/t12-,13-,14+/m0/s1. The van der Waals surface area contributed by atoms with Crippen molar-refractivity contribution in [1.29, 1.82) is 0 Å². The highest BCUT2D eigenvalue weighted by Crippen LogP contribution is 2.20. The van der Waals surface area contributed by atoms with E-state index in [1.165, 1.54) is 16.2 Å². The van der Waals surface area contributed by atoms with Crippen molar-refractivity contribution in [2.75, 3.05) is 37.8 Å². The molecule has 1 aromatic heterocycles. The summed E-state index contributed by atoms with van der Waals surface area (Å²) in [5.74, 6) is 0.562. The van der Waals surface area contributed by atoms with Gasteiger partial charge >= 0.3 is 0 Å². The maximum absolute atomic E-state index is 13.1. The molecule has 0 radical (unpaired) electrons. The van der Waals surface area contributed by atoms with Gasteiger partial charge < -0.3 is 20.4 Å². The number of hydrogen-bond acceptors (Lipinski definition) is 7. The third-order valence-electron chi connectivity index (χ3n) is 5.60. The number of thiophene rings is 1. The van der Waals surface area contributed by atoms with Crippen molar-refractivity contribution in [3.63, 3.8) is 0 Å². The summed E-state index contributed by atoms with van der Waals surface area (Å²) in [7, 11) is 0. The van der Waals surface area contributed by atoms with Crippen LogP contribution < -0.4 is 16.0 Å². The molecule has 11 heteroatoms. The Kier molecular flexibility index (Phi) is 6.59. The fraction of sp³-hybridized carbons (Fsp3) is 0.579. The summed E-state index contributed by atoms with van der Waals surface area (Å²) in [6, 6.07) is 1.82. The second-order valence-corrected chi connectivity index (χ2v) is 9.52. The highest BCUT2D eigenvalue weighted by Gasteiger charge is 2.40. The van der Waals surface area contributed by atoms with Crippen molar-refractivity contribution in [3.05, 3.63) is 22.4 Å². The zero-order chi connectivity index (χ0) is 21.1. The molecule has 1 aromatic rings. The lowest BCUT2D eigenvalue weighted by atomic mass is 10.0. The fourth-order valence-electron chi connectivity index (χ4n) is 3.94. The Bertz CT molecular complexity index is 812. The van der Waals surface area contributed by atoms with Crippen molar-refractivity contribution in [1.82, 2.24) is 25.8 Å². The molecule has 3 aliphatic rings. The van der Waals surface area contributed by atoms with E-state index in [2.05, 4.69) is 16.0 Å². The van der Waals surface area contributed by atoms with Gasteiger partial charge in [-0.25, -0.2) is 0 Å². The molecule has 162 valence electrons. The molecule has 0 aliphatic carbocycles. The molecule has 4 rings (SSSR count). The van der Waals surface area contributed by atoms with Gasteiger partial charge in [0.25, 0.3) is 5.91 Å². The first-order chi connectivity index (χ1) is 14.5. The zero-order valence-corrected chi connectivity index (χ0v) is 18.1. The molecule has 3 aliphatic heterocycles. The van der Waals surface area contributed by atoms with Gasteiger partial charge in [-0.3, -0.25) is 24.5 Å². The van der Waals surface area contributed by atoms with Crippen LogP contribution in [-0.4, -0.2) is 89.4 Å². The predicted molar refractivity (Wildman–Crippen MR) is 114 cm³/mol. The smallest absolute Gasteiger partial charge is 0.264 e. The minimum absolute atomic E-state index is 0.0450. The summed E-state index contributed by atoms with van der Waals surface area (Å²) >= 11 is 2.99. The van der Waals surface area contributed by atoms with Crippen LogP contribution in [-0.2, 0) is 14.4 Å². The van der Waals surface area contributed by atoms with Crippen LogP contribution in [0.3, 0.4) is 0 Å². The molecule has 3 atom stereocenters. The Balaban J connectivity index is 1.51. The lowest BCUT2D eigenvalue weighted by molar-refractivity contribution is -0.139. The second kappa shape index (κ2) is 9.36. The molecule has 4 amide bonds. The third kappa shape index (κ3) is 4.47. The van der Waals surface area contributed by atoms with Crippen molar-refractivity contribution in [3.8, 4) is 0 Å². The maximum atomic E-state index is 13.1. The van der Waals surface area contributed by atoms with Crippen LogP contribution in [0.15, 0.2) is 17.5 Å². The van der Waals surface area contributed by atoms with E-state index in [9.17, 15) is 19.2 Å². The number of piperazine rings is 1. The van der Waals surface area contributed by atoms with Crippen LogP contribution in [0.4, 0.5) is 0 Å². The lowest BCUT2D eigenvalue weighted by Crippen LogP contribution is -2.64. The highest BCUT2D eigenvalue weighted by molar-refractivity contribution is 7.99. The molecule has 0 bridgehead atoms. The Hall–Kier alpha value is -2.11. The number of thioether (sulfide) groups is 1. The van der Waals surface area contributed by atoms with Crippen molar-refractivity contribution < 1.29 is 19.2 Å². The maximum Gasteiger partial charge on any atom is 0.264 e. The summed E-state index contributed by atoms with van der Waals surface area (Å²) in [6.07, 6.45) is 1.35. The minimum atomic E-state index is -0.832. The SMILES string of the molecule is O=C1NCCC[C@@H]1NC(=O)[C@H]1CN(C(=O)[C@@H]2CSCN2)CCN1C(=O)c1cccs1. The lowest BCUT2D eigenvalue weighted by Gasteiger charge is -2.41. The van der Waals surface area contributed by atoms with Crippen LogP contribution in [0, 0.1) is 0 Å². The molecular formula is C19H25N5O4S2. The quantitative estimate of drug-likeness (QED) is 0.567. The summed E-state index contributed by atoms with van der Waals surface area (Å²) in [4.78, 5) is 54.9. The van der Waals surface area contributed by atoms with Gasteiger partial charge in [0.2, 0.25) is 17.7 Å². The molecule has 3 saturated heterocycles. The topological polar surface area (TPSA) is 111 Å². The second-order valence-electron chi connectivity index (χ2n) is 7.54. The van der Waals surface area contributed by atoms with E-state index in [4.69, 9.17) is 0 Å². The Labute approximate surface area is 182 Å². The van der Waals surface area contributed by atoms with Crippen LogP contribution in [0.1, 0.15) is 22.5 Å². The van der Waals surface area contributed by atoms with Crippen LogP contribution in [0.5, 0.6) is 0 Å². The Morgan fingerprint density at radius 2 is 2.10 bits per heavy atom. The van der Waals surface area contributed by atoms with Crippen molar-refractivity contribution in [2.45, 2.75) is 31.0 Å². The van der Waals surface area contributed by atoms with E-state index >= 15 is 0 Å². The molecule has 3 N–H and O–H groups in total. The molecule has 0 aromatic carbocycles. The number of amides is 4. The van der Waals surface area contributed by atoms with E-state index < -0.39 is 18.0 Å². The first kappa shape index (κ1) is 21.1. The van der Waals surface area contributed by atoms with Crippen LogP contribution in [0.25, 0.3) is 0 Å². The summed E-state index contributed by atoms with van der Waals surface area (Å²) in [5.41, 5.74) is 0. The zero-order valence-electron chi connectivity index (χ0n) is 16.5. The van der Waals surface area contributed by atoms with E-state index in [-0.39, 0.29) is 36.9 Å². The summed E-state index contributed by atoms with van der Waals surface area (Å²) < 4.78 is 0. The molecule has 3 fully saturated rings. The van der Waals surface area contributed by atoms with Gasteiger partial charge in [-0.2, -0.15) is 0 Å². The molecule has 0 saturated carbocycles. The Morgan fingerprint density at radius 3 is 2.80 bits per heavy atom. The van der Waals surface area contributed by atoms with Gasteiger partial charge in [-0.1, -0.05) is 6.07 Å². The molecule has 30 heavy (non-hydrogen) atoms. The number of nitrogens with one attached hydrogen (secondary N) is 3. The average Bonchev–Trinajstić information content (AvgIpc) is 3.48. The third-order valence-corrected chi connectivity index (χ3v) is 7.40. The monoisotopic (exact) mass is 451 g/mol. The number of hydrogen-bond donors (Lipinski definition) is 3. The van der Waals surface area contributed by atoms with Gasteiger partial charge in [0.05, 0.1) is 17.5 Å². The van der Waals surface area contributed by atoms with Gasteiger partial charge in [-0.05, 0) is 24.3 Å². The molecule has 9 nitrogen and oxygen atoms in total. The molecule has 4 heterocycles. The molecule has 0 unspecified atom stereocenters. The molecular weight excluding hydrogens is 426 g/mol. The predicted octanol–water partition coefficient (Wildman–Crippen LogP) is -0.542. The van der Waals surface area contributed by atoms with Gasteiger partial charge in [0, 0.05) is 31.3 Å². The van der Waals surface area contributed by atoms with Gasteiger partial charge in [-0.15, -0.1) is 23.1 Å². The minimum Gasteiger partial charge on any atom is -0.354 e. The van der Waals surface area contributed by atoms with E-state index in [0.717, 1.165) is 12.3 Å². The number of rotatable bonds is 4. The number of piperidine rings is 1. The summed E-state index contributed by atoms with van der Waals surface area (Å²) in [5, 5.41) is 10.5.